The van der Waals surface area contributed by atoms with Crippen molar-refractivity contribution in [1.29, 1.82) is 0 Å². The quantitative estimate of drug-likeness (QED) is 0.734. The molecular formula is C19H19N5O. The molecule has 1 saturated heterocycles. The van der Waals surface area contributed by atoms with Crippen LogP contribution >= 0.6 is 0 Å². The summed E-state index contributed by atoms with van der Waals surface area (Å²) >= 11 is 0. The van der Waals surface area contributed by atoms with Crippen molar-refractivity contribution in [3.63, 3.8) is 0 Å². The van der Waals surface area contributed by atoms with E-state index >= 15 is 0 Å². The predicted molar refractivity (Wildman–Crippen MR) is 96.3 cm³/mol. The molecule has 25 heavy (non-hydrogen) atoms. The minimum atomic E-state index is 0.705. The molecule has 0 saturated carbocycles. The molecule has 0 aliphatic carbocycles. The van der Waals surface area contributed by atoms with Gasteiger partial charge in [-0.05, 0) is 36.8 Å². The number of rotatable bonds is 3. The minimum absolute atomic E-state index is 0.705. The third-order valence-electron chi connectivity index (χ3n) is 4.25. The van der Waals surface area contributed by atoms with Crippen LogP contribution in [-0.4, -0.2) is 46.2 Å². The Bertz CT molecular complexity index is 845. The zero-order valence-electron chi connectivity index (χ0n) is 14.1. The summed E-state index contributed by atoms with van der Waals surface area (Å²) in [6.07, 6.45) is 7.32. The van der Waals surface area contributed by atoms with E-state index in [1.54, 1.807) is 12.4 Å². The van der Waals surface area contributed by atoms with Gasteiger partial charge in [0, 0.05) is 54.7 Å². The molecule has 1 fully saturated rings. The lowest BCUT2D eigenvalue weighted by molar-refractivity contribution is 0.122. The van der Waals surface area contributed by atoms with Gasteiger partial charge in [0.1, 0.15) is 0 Å². The fourth-order valence-electron chi connectivity index (χ4n) is 2.86. The van der Waals surface area contributed by atoms with E-state index < -0.39 is 0 Å². The van der Waals surface area contributed by atoms with E-state index in [0.29, 0.717) is 13.2 Å². The fourth-order valence-corrected chi connectivity index (χ4v) is 2.86. The molecule has 6 nitrogen and oxygen atoms in total. The van der Waals surface area contributed by atoms with Gasteiger partial charge in [0.2, 0.25) is 5.95 Å². The summed E-state index contributed by atoms with van der Waals surface area (Å²) in [7, 11) is 0. The van der Waals surface area contributed by atoms with Gasteiger partial charge in [0.15, 0.2) is 0 Å². The summed E-state index contributed by atoms with van der Waals surface area (Å²) < 4.78 is 5.43. The van der Waals surface area contributed by atoms with Gasteiger partial charge in [-0.15, -0.1) is 0 Å². The van der Waals surface area contributed by atoms with Crippen molar-refractivity contribution in [3.8, 4) is 22.4 Å². The first-order chi connectivity index (χ1) is 12.3. The second-order valence-corrected chi connectivity index (χ2v) is 5.96. The Labute approximate surface area is 146 Å². The average Bonchev–Trinajstić information content (AvgIpc) is 2.69. The second-order valence-electron chi connectivity index (χ2n) is 5.96. The van der Waals surface area contributed by atoms with Crippen molar-refractivity contribution in [2.75, 3.05) is 31.2 Å². The number of hydrogen-bond donors (Lipinski definition) is 0. The lowest BCUT2D eigenvalue weighted by Gasteiger charge is -2.27. The Hall–Kier alpha value is -2.86. The Morgan fingerprint density at radius 3 is 2.44 bits per heavy atom. The molecule has 126 valence electrons. The number of hydrogen-bond acceptors (Lipinski definition) is 6. The zero-order chi connectivity index (χ0) is 17.1. The van der Waals surface area contributed by atoms with E-state index in [-0.39, 0.29) is 0 Å². The molecule has 0 radical (unpaired) electrons. The first-order valence-corrected chi connectivity index (χ1v) is 8.34. The van der Waals surface area contributed by atoms with Crippen molar-refractivity contribution >= 4 is 5.95 Å². The molecule has 0 N–H and O–H groups in total. The van der Waals surface area contributed by atoms with Gasteiger partial charge in [0.05, 0.1) is 18.9 Å². The number of aryl methyl sites for hydroxylation is 1. The molecule has 1 aliphatic heterocycles. The normalized spacial score (nSPS) is 14.5. The predicted octanol–water partition coefficient (Wildman–Crippen LogP) is 2.75. The maximum absolute atomic E-state index is 5.43. The summed E-state index contributed by atoms with van der Waals surface area (Å²) in [6, 6.07) is 8.00. The number of nitrogens with zero attached hydrogens (tertiary/aromatic N) is 5. The van der Waals surface area contributed by atoms with Crippen LogP contribution in [0.1, 0.15) is 5.69 Å². The first-order valence-electron chi connectivity index (χ1n) is 8.34. The largest absolute Gasteiger partial charge is 0.378 e. The second kappa shape index (κ2) is 6.94. The van der Waals surface area contributed by atoms with Crippen LogP contribution in [0.5, 0.6) is 0 Å². The van der Waals surface area contributed by atoms with Gasteiger partial charge >= 0.3 is 0 Å². The van der Waals surface area contributed by atoms with Crippen LogP contribution in [0, 0.1) is 6.92 Å². The van der Waals surface area contributed by atoms with Crippen molar-refractivity contribution in [1.82, 2.24) is 19.9 Å². The molecule has 0 amide bonds. The summed E-state index contributed by atoms with van der Waals surface area (Å²) in [5.74, 6) is 0.733. The van der Waals surface area contributed by atoms with Gasteiger partial charge in [0.25, 0.3) is 0 Å². The number of anilines is 1. The van der Waals surface area contributed by atoms with Crippen LogP contribution in [0.2, 0.25) is 0 Å². The molecule has 0 bridgehead atoms. The van der Waals surface area contributed by atoms with Crippen molar-refractivity contribution in [2.24, 2.45) is 0 Å². The van der Waals surface area contributed by atoms with Crippen molar-refractivity contribution in [2.45, 2.75) is 6.92 Å². The first kappa shape index (κ1) is 15.7. The Morgan fingerprint density at radius 2 is 1.72 bits per heavy atom. The van der Waals surface area contributed by atoms with Gasteiger partial charge in [-0.25, -0.2) is 9.97 Å². The smallest absolute Gasteiger partial charge is 0.226 e. The molecular weight excluding hydrogens is 314 g/mol. The summed E-state index contributed by atoms with van der Waals surface area (Å²) in [5.41, 5.74) is 4.87. The topological polar surface area (TPSA) is 64.0 Å². The molecule has 4 rings (SSSR count). The molecule has 0 atom stereocenters. The van der Waals surface area contributed by atoms with Crippen LogP contribution in [-0.2, 0) is 4.74 Å². The zero-order valence-corrected chi connectivity index (χ0v) is 14.1. The molecule has 3 aromatic heterocycles. The number of aromatic nitrogens is 4. The van der Waals surface area contributed by atoms with E-state index in [1.165, 1.54) is 0 Å². The maximum atomic E-state index is 5.43. The monoisotopic (exact) mass is 333 g/mol. The maximum Gasteiger partial charge on any atom is 0.226 e. The van der Waals surface area contributed by atoms with Crippen molar-refractivity contribution < 1.29 is 4.74 Å². The van der Waals surface area contributed by atoms with E-state index in [9.17, 15) is 0 Å². The lowest BCUT2D eigenvalue weighted by Crippen LogP contribution is -2.37. The highest BCUT2D eigenvalue weighted by molar-refractivity contribution is 5.80. The van der Waals surface area contributed by atoms with Gasteiger partial charge in [-0.2, -0.15) is 0 Å². The highest BCUT2D eigenvalue weighted by Crippen LogP contribution is 2.31. The highest BCUT2D eigenvalue weighted by Gasteiger charge is 2.17. The molecule has 0 spiro atoms. The summed E-state index contributed by atoms with van der Waals surface area (Å²) in [5, 5.41) is 0. The van der Waals surface area contributed by atoms with Gasteiger partial charge in [-0.1, -0.05) is 0 Å². The third-order valence-corrected chi connectivity index (χ3v) is 4.25. The van der Waals surface area contributed by atoms with E-state index in [1.807, 2.05) is 37.5 Å². The SMILES string of the molecule is Cc1ccc(-c2nc(N3CCOCC3)ncc2-c2ccncc2)cn1. The standard InChI is InChI=1S/C19H19N5O/c1-14-2-3-16(12-21-14)18-17(15-4-6-20-7-5-15)13-22-19(23-18)24-8-10-25-11-9-24/h2-7,12-13H,8-11H2,1H3. The average molecular weight is 333 g/mol. The van der Waals surface area contributed by atoms with Crippen LogP contribution in [0.25, 0.3) is 22.4 Å². The van der Waals surface area contributed by atoms with E-state index in [4.69, 9.17) is 9.72 Å². The fraction of sp³-hybridized carbons (Fsp3) is 0.263. The van der Waals surface area contributed by atoms with Crippen molar-refractivity contribution in [3.05, 3.63) is 54.7 Å². The summed E-state index contributed by atoms with van der Waals surface area (Å²) in [6.45, 7) is 5.00. The molecule has 1 aliphatic rings. The number of pyridine rings is 2. The van der Waals surface area contributed by atoms with Gasteiger partial charge < -0.3 is 9.64 Å². The highest BCUT2D eigenvalue weighted by atomic mass is 16.5. The Morgan fingerprint density at radius 1 is 0.920 bits per heavy atom. The molecule has 6 heteroatoms. The van der Waals surface area contributed by atoms with E-state index in [2.05, 4.69) is 25.9 Å². The Balaban J connectivity index is 1.82. The van der Waals surface area contributed by atoms with Gasteiger partial charge in [-0.3, -0.25) is 9.97 Å². The molecule has 0 aromatic carbocycles. The van der Waals surface area contributed by atoms with Crippen LogP contribution in [0.4, 0.5) is 5.95 Å². The molecule has 4 heterocycles. The molecule has 0 unspecified atom stereocenters. The third kappa shape index (κ3) is 3.34. The van der Waals surface area contributed by atoms with Crippen LogP contribution in [0.3, 0.4) is 0 Å². The minimum Gasteiger partial charge on any atom is -0.378 e. The lowest BCUT2D eigenvalue weighted by atomic mass is 10.0. The van der Waals surface area contributed by atoms with E-state index in [0.717, 1.165) is 47.1 Å². The number of ether oxygens (including phenoxy) is 1. The Kier molecular flexibility index (Phi) is 4.35. The molecule has 3 aromatic rings. The number of morpholine rings is 1. The summed E-state index contributed by atoms with van der Waals surface area (Å²) in [4.78, 5) is 20.2. The van der Waals surface area contributed by atoms with Crippen LogP contribution in [0.15, 0.2) is 49.1 Å². The van der Waals surface area contributed by atoms with Crippen LogP contribution < -0.4 is 4.90 Å².